The third kappa shape index (κ3) is 5.05. The van der Waals surface area contributed by atoms with Crippen LogP contribution >= 0.6 is 11.6 Å². The van der Waals surface area contributed by atoms with Crippen molar-refractivity contribution in [2.75, 3.05) is 26.6 Å². The van der Waals surface area contributed by atoms with E-state index in [1.165, 1.54) is 39.5 Å². The Hall–Kier alpha value is -4.24. The molecule has 0 atom stereocenters. The standard InChI is InChI=1S/C24H23ClN4O5/c1-32-18-12-16(23(27)30)19(21(34-3)20(18)33-2)22(26)28-14-9-10-17(25)15(11-14)24(31)29-13-7-5-4-6-8-13/h4-12H,1-3H3,(H2,26,28)(H2,27,30)(H,29,31). The maximum Gasteiger partial charge on any atom is 0.257 e. The Morgan fingerprint density at radius 1 is 0.882 bits per heavy atom. The van der Waals surface area contributed by atoms with Crippen LogP contribution in [0.15, 0.2) is 59.6 Å². The number of amides is 2. The normalized spacial score (nSPS) is 11.0. The molecule has 0 aliphatic rings. The van der Waals surface area contributed by atoms with Gasteiger partial charge in [0, 0.05) is 5.69 Å². The Kier molecular flexibility index (Phi) is 7.60. The molecule has 0 heterocycles. The molecule has 3 aromatic carbocycles. The van der Waals surface area contributed by atoms with Crippen molar-refractivity contribution in [2.45, 2.75) is 0 Å². The molecular weight excluding hydrogens is 460 g/mol. The number of anilines is 1. The van der Waals surface area contributed by atoms with E-state index in [4.69, 9.17) is 37.3 Å². The second-order valence-electron chi connectivity index (χ2n) is 6.91. The molecular formula is C24H23ClN4O5. The first-order chi connectivity index (χ1) is 16.3. The summed E-state index contributed by atoms with van der Waals surface area (Å²) >= 11 is 6.25. The number of amidine groups is 1. The van der Waals surface area contributed by atoms with Crippen LogP contribution in [-0.2, 0) is 0 Å². The number of aliphatic imine (C=N–C) groups is 1. The Bertz CT molecular complexity index is 1260. The Morgan fingerprint density at radius 2 is 1.56 bits per heavy atom. The molecule has 0 aliphatic carbocycles. The molecule has 0 saturated heterocycles. The minimum absolute atomic E-state index is 0.0201. The van der Waals surface area contributed by atoms with E-state index in [1.54, 1.807) is 30.3 Å². The topological polar surface area (TPSA) is 138 Å². The zero-order valence-corrected chi connectivity index (χ0v) is 19.5. The lowest BCUT2D eigenvalue weighted by Gasteiger charge is -2.18. The van der Waals surface area contributed by atoms with Crippen LogP contribution < -0.4 is 31.0 Å². The van der Waals surface area contributed by atoms with E-state index < -0.39 is 11.8 Å². The average Bonchev–Trinajstić information content (AvgIpc) is 2.83. The van der Waals surface area contributed by atoms with Gasteiger partial charge < -0.3 is 31.0 Å². The predicted molar refractivity (Wildman–Crippen MR) is 131 cm³/mol. The van der Waals surface area contributed by atoms with Crippen molar-refractivity contribution >= 4 is 40.6 Å². The van der Waals surface area contributed by atoms with E-state index >= 15 is 0 Å². The number of methoxy groups -OCH3 is 3. The Balaban J connectivity index is 2.08. The number of hydrogen-bond acceptors (Lipinski definition) is 6. The van der Waals surface area contributed by atoms with E-state index in [2.05, 4.69) is 10.3 Å². The summed E-state index contributed by atoms with van der Waals surface area (Å²) in [7, 11) is 4.21. The van der Waals surface area contributed by atoms with Crippen LogP contribution in [0.1, 0.15) is 26.3 Å². The number of carbonyl (C=O) groups is 2. The highest BCUT2D eigenvalue weighted by atomic mass is 35.5. The van der Waals surface area contributed by atoms with Crippen LogP contribution in [-0.4, -0.2) is 39.0 Å². The molecule has 0 spiro atoms. The van der Waals surface area contributed by atoms with Gasteiger partial charge in [-0.15, -0.1) is 0 Å². The van der Waals surface area contributed by atoms with Crippen LogP contribution in [0.3, 0.4) is 0 Å². The zero-order chi connectivity index (χ0) is 24.8. The summed E-state index contributed by atoms with van der Waals surface area (Å²) in [5.74, 6) is -0.728. The number of nitrogens with two attached hydrogens (primary N) is 2. The van der Waals surface area contributed by atoms with Crippen molar-refractivity contribution in [1.29, 1.82) is 0 Å². The molecule has 3 aromatic rings. The third-order valence-corrected chi connectivity index (χ3v) is 5.16. The fraction of sp³-hybridized carbons (Fsp3) is 0.125. The fourth-order valence-electron chi connectivity index (χ4n) is 3.28. The summed E-state index contributed by atoms with van der Waals surface area (Å²) in [5, 5.41) is 3.00. The molecule has 0 radical (unpaired) electrons. The third-order valence-electron chi connectivity index (χ3n) is 4.83. The fourth-order valence-corrected chi connectivity index (χ4v) is 3.48. The van der Waals surface area contributed by atoms with Gasteiger partial charge in [0.15, 0.2) is 11.5 Å². The van der Waals surface area contributed by atoms with Gasteiger partial charge in [-0.2, -0.15) is 0 Å². The maximum absolute atomic E-state index is 12.8. The number of halogens is 1. The molecule has 0 saturated carbocycles. The van der Waals surface area contributed by atoms with E-state index in [1.807, 2.05) is 6.07 Å². The monoisotopic (exact) mass is 482 g/mol. The number of hydrogen-bond donors (Lipinski definition) is 3. The SMILES string of the molecule is COc1cc(C(N)=O)c(C(N)=Nc2ccc(Cl)c(C(=O)Nc3ccccc3)c2)c(OC)c1OC. The number of ether oxygens (including phenoxy) is 3. The molecule has 0 bridgehead atoms. The second-order valence-corrected chi connectivity index (χ2v) is 7.32. The number of rotatable bonds is 8. The summed E-state index contributed by atoms with van der Waals surface area (Å²) in [6.45, 7) is 0. The largest absolute Gasteiger partial charge is 0.493 e. The van der Waals surface area contributed by atoms with Gasteiger partial charge in [-0.25, -0.2) is 4.99 Å². The number of primary amides is 1. The molecule has 0 aliphatic heterocycles. The van der Waals surface area contributed by atoms with Gasteiger partial charge in [0.2, 0.25) is 11.7 Å². The van der Waals surface area contributed by atoms with Crippen molar-refractivity contribution in [3.05, 3.63) is 76.3 Å². The summed E-state index contributed by atoms with van der Waals surface area (Å²) in [4.78, 5) is 29.3. The number of para-hydroxylation sites is 1. The molecule has 10 heteroatoms. The van der Waals surface area contributed by atoms with Crippen LogP contribution in [0.4, 0.5) is 11.4 Å². The highest BCUT2D eigenvalue weighted by molar-refractivity contribution is 6.34. The van der Waals surface area contributed by atoms with Crippen molar-refractivity contribution in [3.8, 4) is 17.2 Å². The molecule has 0 fully saturated rings. The van der Waals surface area contributed by atoms with Crippen LogP contribution in [0.25, 0.3) is 0 Å². The quantitative estimate of drug-likeness (QED) is 0.330. The summed E-state index contributed by atoms with van der Waals surface area (Å²) in [5.41, 5.74) is 13.1. The number of nitrogens with zero attached hydrogens (tertiary/aromatic N) is 1. The first-order valence-corrected chi connectivity index (χ1v) is 10.3. The summed E-state index contributed by atoms with van der Waals surface area (Å²) in [6, 6.07) is 14.9. The predicted octanol–water partition coefficient (Wildman–Crippen LogP) is 3.75. The summed E-state index contributed by atoms with van der Waals surface area (Å²) < 4.78 is 16.1. The van der Waals surface area contributed by atoms with Crippen molar-refractivity contribution in [3.63, 3.8) is 0 Å². The van der Waals surface area contributed by atoms with E-state index in [9.17, 15) is 9.59 Å². The molecule has 34 heavy (non-hydrogen) atoms. The van der Waals surface area contributed by atoms with Gasteiger partial charge >= 0.3 is 0 Å². The molecule has 3 rings (SSSR count). The van der Waals surface area contributed by atoms with Gasteiger partial charge in [0.1, 0.15) is 5.84 Å². The minimum atomic E-state index is -0.772. The van der Waals surface area contributed by atoms with Crippen LogP contribution in [0.2, 0.25) is 5.02 Å². The summed E-state index contributed by atoms with van der Waals surface area (Å²) in [6.07, 6.45) is 0. The van der Waals surface area contributed by atoms with Crippen LogP contribution in [0.5, 0.6) is 17.2 Å². The Morgan fingerprint density at radius 3 is 2.15 bits per heavy atom. The molecule has 2 amide bonds. The van der Waals surface area contributed by atoms with Gasteiger partial charge in [-0.3, -0.25) is 9.59 Å². The maximum atomic E-state index is 12.8. The van der Waals surface area contributed by atoms with Crippen molar-refractivity contribution in [1.82, 2.24) is 0 Å². The second kappa shape index (κ2) is 10.6. The van der Waals surface area contributed by atoms with Gasteiger partial charge in [0.05, 0.1) is 48.7 Å². The number of carbonyl (C=O) groups excluding carboxylic acids is 2. The smallest absolute Gasteiger partial charge is 0.257 e. The number of nitrogens with one attached hydrogen (secondary N) is 1. The van der Waals surface area contributed by atoms with E-state index in [0.717, 1.165) is 0 Å². The molecule has 0 unspecified atom stereocenters. The molecule has 176 valence electrons. The lowest BCUT2D eigenvalue weighted by Crippen LogP contribution is -2.23. The first kappa shape index (κ1) is 24.4. The van der Waals surface area contributed by atoms with Crippen molar-refractivity contribution < 1.29 is 23.8 Å². The Labute approximate surface area is 201 Å². The van der Waals surface area contributed by atoms with E-state index in [0.29, 0.717) is 11.4 Å². The van der Waals surface area contributed by atoms with Gasteiger partial charge in [0.25, 0.3) is 5.91 Å². The van der Waals surface area contributed by atoms with Gasteiger partial charge in [-0.05, 0) is 36.4 Å². The lowest BCUT2D eigenvalue weighted by molar-refractivity contribution is 0.0996. The van der Waals surface area contributed by atoms with E-state index in [-0.39, 0.29) is 44.8 Å². The average molecular weight is 483 g/mol. The first-order valence-electron chi connectivity index (χ1n) is 9.93. The number of benzene rings is 3. The zero-order valence-electron chi connectivity index (χ0n) is 18.7. The lowest BCUT2D eigenvalue weighted by atomic mass is 10.0. The van der Waals surface area contributed by atoms with Crippen molar-refractivity contribution in [2.24, 2.45) is 16.5 Å². The van der Waals surface area contributed by atoms with Gasteiger partial charge in [-0.1, -0.05) is 29.8 Å². The van der Waals surface area contributed by atoms with Crippen LogP contribution in [0, 0.1) is 0 Å². The molecule has 0 aromatic heterocycles. The molecule has 9 nitrogen and oxygen atoms in total. The minimum Gasteiger partial charge on any atom is -0.493 e. The molecule has 5 N–H and O–H groups in total. The highest BCUT2D eigenvalue weighted by Gasteiger charge is 2.25. The highest BCUT2D eigenvalue weighted by Crippen LogP contribution is 2.42.